The van der Waals surface area contributed by atoms with Gasteiger partial charge in [-0.05, 0) is 32.0 Å². The molecule has 2 rings (SSSR count). The lowest BCUT2D eigenvalue weighted by Gasteiger charge is -2.13. The highest BCUT2D eigenvalue weighted by Gasteiger charge is 2.17. The predicted molar refractivity (Wildman–Crippen MR) is 88.2 cm³/mol. The zero-order chi connectivity index (χ0) is 19.4. The molecule has 0 unspecified atom stereocenters. The van der Waals surface area contributed by atoms with E-state index in [-0.39, 0.29) is 28.5 Å². The fourth-order valence-corrected chi connectivity index (χ4v) is 2.15. The third-order valence-corrected chi connectivity index (χ3v) is 3.61. The van der Waals surface area contributed by atoms with Crippen molar-refractivity contribution in [2.75, 3.05) is 19.0 Å². The van der Waals surface area contributed by atoms with Gasteiger partial charge >= 0.3 is 0 Å². The summed E-state index contributed by atoms with van der Waals surface area (Å²) >= 11 is 0. The summed E-state index contributed by atoms with van der Waals surface area (Å²) in [6.45, 7) is 2.11. The van der Waals surface area contributed by atoms with Crippen molar-refractivity contribution in [3.8, 4) is 11.5 Å². The van der Waals surface area contributed by atoms with Crippen LogP contribution in [0.25, 0.3) is 0 Å². The fraction of sp³-hybridized carbons (Fsp3) is 0.222. The number of Topliss-reactive ketones (excluding diaryl/α,β-unsaturated/α-hetero) is 1. The molecule has 0 fully saturated rings. The first-order chi connectivity index (χ1) is 12.2. The summed E-state index contributed by atoms with van der Waals surface area (Å²) in [7, 11) is 1.37. The van der Waals surface area contributed by atoms with Crippen LogP contribution in [-0.4, -0.2) is 25.4 Å². The van der Waals surface area contributed by atoms with E-state index in [0.29, 0.717) is 11.6 Å². The molecule has 0 aromatic heterocycles. The van der Waals surface area contributed by atoms with E-state index < -0.39 is 30.0 Å². The third kappa shape index (κ3) is 4.14. The number of nitrogens with one attached hydrogen (secondary N) is 1. The molecule has 138 valence electrons. The van der Waals surface area contributed by atoms with Crippen molar-refractivity contribution < 1.29 is 32.2 Å². The molecular weight excluding hydrogens is 351 g/mol. The van der Waals surface area contributed by atoms with E-state index in [4.69, 9.17) is 9.47 Å². The topological polar surface area (TPSA) is 64.6 Å². The number of ether oxygens (including phenoxy) is 2. The van der Waals surface area contributed by atoms with Gasteiger partial charge in [-0.1, -0.05) is 0 Å². The highest BCUT2D eigenvalue weighted by molar-refractivity contribution is 5.95. The van der Waals surface area contributed by atoms with E-state index in [1.165, 1.54) is 39.2 Å². The predicted octanol–water partition coefficient (Wildman–Crippen LogP) is 3.64. The van der Waals surface area contributed by atoms with Crippen molar-refractivity contribution in [1.29, 1.82) is 0 Å². The number of hydrogen-bond donors (Lipinski definition) is 1. The van der Waals surface area contributed by atoms with Gasteiger partial charge in [0.25, 0.3) is 5.91 Å². The Morgan fingerprint density at radius 1 is 1.08 bits per heavy atom. The first kappa shape index (κ1) is 19.3. The van der Waals surface area contributed by atoms with Gasteiger partial charge in [0.1, 0.15) is 0 Å². The number of carbonyl (C=O) groups excluding carboxylic acids is 2. The largest absolute Gasteiger partial charge is 0.493 e. The molecule has 0 bridgehead atoms. The van der Waals surface area contributed by atoms with Crippen molar-refractivity contribution in [3.05, 3.63) is 52.8 Å². The number of methoxy groups -OCH3 is 1. The van der Waals surface area contributed by atoms with Crippen molar-refractivity contribution in [2.24, 2.45) is 0 Å². The number of ketones is 1. The average Bonchev–Trinajstić information content (AvgIpc) is 2.62. The van der Waals surface area contributed by atoms with Crippen LogP contribution in [0.3, 0.4) is 0 Å². The van der Waals surface area contributed by atoms with Gasteiger partial charge in [0.2, 0.25) is 0 Å². The zero-order valence-corrected chi connectivity index (χ0v) is 14.3. The minimum Gasteiger partial charge on any atom is -0.493 e. The molecule has 0 aliphatic carbocycles. The normalized spacial score (nSPS) is 10.4. The summed E-state index contributed by atoms with van der Waals surface area (Å²) in [6.07, 6.45) is 0. The van der Waals surface area contributed by atoms with Crippen molar-refractivity contribution in [1.82, 2.24) is 0 Å². The SMILES string of the molecule is COc1cc(C(C)=O)ccc1OCC(=O)Nc1cc(F)c(F)c(F)c1C. The van der Waals surface area contributed by atoms with E-state index in [1.807, 2.05) is 0 Å². The highest BCUT2D eigenvalue weighted by atomic mass is 19.2. The summed E-state index contributed by atoms with van der Waals surface area (Å²) in [4.78, 5) is 23.3. The van der Waals surface area contributed by atoms with Crippen LogP contribution < -0.4 is 14.8 Å². The minimum atomic E-state index is -1.60. The maximum Gasteiger partial charge on any atom is 0.262 e. The molecule has 2 aromatic carbocycles. The Labute approximate surface area is 147 Å². The second kappa shape index (κ2) is 7.90. The van der Waals surface area contributed by atoms with Gasteiger partial charge in [0.05, 0.1) is 7.11 Å². The standard InChI is InChI=1S/C18H16F3NO4/c1-9-13(7-12(19)18(21)17(9)20)22-16(24)8-26-14-5-4-11(10(2)23)6-15(14)25-3/h4-7H,8H2,1-3H3,(H,22,24). The Kier molecular flexibility index (Phi) is 5.86. The van der Waals surface area contributed by atoms with Gasteiger partial charge in [0.15, 0.2) is 41.3 Å². The maximum absolute atomic E-state index is 13.5. The van der Waals surface area contributed by atoms with Crippen molar-refractivity contribution >= 4 is 17.4 Å². The van der Waals surface area contributed by atoms with Crippen LogP contribution in [0, 0.1) is 24.4 Å². The van der Waals surface area contributed by atoms with E-state index in [1.54, 1.807) is 0 Å². The molecule has 8 heteroatoms. The first-order valence-corrected chi connectivity index (χ1v) is 7.50. The summed E-state index contributed by atoms with van der Waals surface area (Å²) in [5, 5.41) is 2.25. The smallest absolute Gasteiger partial charge is 0.262 e. The van der Waals surface area contributed by atoms with Crippen LogP contribution in [0.4, 0.5) is 18.9 Å². The summed E-state index contributed by atoms with van der Waals surface area (Å²) in [5.74, 6) is -4.80. The molecule has 26 heavy (non-hydrogen) atoms. The summed E-state index contributed by atoms with van der Waals surface area (Å²) in [5.41, 5.74) is -0.0268. The van der Waals surface area contributed by atoms with Gasteiger partial charge in [-0.25, -0.2) is 13.2 Å². The van der Waals surface area contributed by atoms with E-state index in [9.17, 15) is 22.8 Å². The van der Waals surface area contributed by atoms with Gasteiger partial charge in [-0.3, -0.25) is 9.59 Å². The van der Waals surface area contributed by atoms with Gasteiger partial charge in [0, 0.05) is 22.9 Å². The Hall–Kier alpha value is -3.03. The minimum absolute atomic E-state index is 0.163. The number of anilines is 1. The Morgan fingerprint density at radius 3 is 2.38 bits per heavy atom. The van der Waals surface area contributed by atoms with Gasteiger partial charge in [-0.15, -0.1) is 0 Å². The molecule has 2 aromatic rings. The lowest BCUT2D eigenvalue weighted by atomic mass is 10.1. The lowest BCUT2D eigenvalue weighted by molar-refractivity contribution is -0.118. The molecule has 0 aliphatic rings. The quantitative estimate of drug-likeness (QED) is 0.625. The molecule has 5 nitrogen and oxygen atoms in total. The fourth-order valence-electron chi connectivity index (χ4n) is 2.15. The van der Waals surface area contributed by atoms with Crippen LogP contribution in [0.5, 0.6) is 11.5 Å². The molecular formula is C18H16F3NO4. The van der Waals surface area contributed by atoms with Gasteiger partial charge < -0.3 is 14.8 Å². The second-order valence-electron chi connectivity index (χ2n) is 5.42. The van der Waals surface area contributed by atoms with Crippen LogP contribution in [0.2, 0.25) is 0 Å². The summed E-state index contributed by atoms with van der Waals surface area (Å²) < 4.78 is 50.3. The molecule has 0 spiro atoms. The number of amides is 1. The molecule has 1 N–H and O–H groups in total. The van der Waals surface area contributed by atoms with Crippen LogP contribution >= 0.6 is 0 Å². The Bertz CT molecular complexity index is 868. The number of benzene rings is 2. The Balaban J connectivity index is 2.09. The number of carbonyl (C=O) groups is 2. The first-order valence-electron chi connectivity index (χ1n) is 7.50. The molecule has 0 atom stereocenters. The monoisotopic (exact) mass is 367 g/mol. The number of hydrogen-bond acceptors (Lipinski definition) is 4. The molecule has 0 heterocycles. The van der Waals surface area contributed by atoms with Gasteiger partial charge in [-0.2, -0.15) is 0 Å². The van der Waals surface area contributed by atoms with Crippen LogP contribution in [0.1, 0.15) is 22.8 Å². The van der Waals surface area contributed by atoms with E-state index >= 15 is 0 Å². The number of rotatable bonds is 6. The lowest BCUT2D eigenvalue weighted by Crippen LogP contribution is -2.21. The average molecular weight is 367 g/mol. The molecule has 0 saturated carbocycles. The van der Waals surface area contributed by atoms with Crippen LogP contribution in [-0.2, 0) is 4.79 Å². The molecule has 0 radical (unpaired) electrons. The molecule has 0 saturated heterocycles. The zero-order valence-electron chi connectivity index (χ0n) is 14.3. The van der Waals surface area contributed by atoms with Crippen molar-refractivity contribution in [2.45, 2.75) is 13.8 Å². The highest BCUT2D eigenvalue weighted by Crippen LogP contribution is 2.28. The maximum atomic E-state index is 13.5. The Morgan fingerprint density at radius 2 is 1.77 bits per heavy atom. The van der Waals surface area contributed by atoms with Crippen molar-refractivity contribution in [3.63, 3.8) is 0 Å². The van der Waals surface area contributed by atoms with Crippen LogP contribution in [0.15, 0.2) is 24.3 Å². The molecule has 0 aliphatic heterocycles. The second-order valence-corrected chi connectivity index (χ2v) is 5.42. The van der Waals surface area contributed by atoms with E-state index in [2.05, 4.69) is 5.32 Å². The molecule has 1 amide bonds. The number of halogens is 3. The van der Waals surface area contributed by atoms with E-state index in [0.717, 1.165) is 0 Å². The summed E-state index contributed by atoms with van der Waals surface area (Å²) in [6, 6.07) is 5.12. The third-order valence-electron chi connectivity index (χ3n) is 3.61.